The van der Waals surface area contributed by atoms with E-state index in [1.807, 2.05) is 12.1 Å². The van der Waals surface area contributed by atoms with Crippen molar-refractivity contribution in [1.29, 1.82) is 0 Å². The molecule has 16 heavy (non-hydrogen) atoms. The molecule has 0 bridgehead atoms. The monoisotopic (exact) mass is 220 g/mol. The standard InChI is InChI=1S/C12H16N2O2/c1-14(12(15)9-5-3-6-9)10-7-4-8-11(13-10)16-2/h4,7-9H,3,5-6H2,1-2H3. The number of rotatable bonds is 3. The minimum absolute atomic E-state index is 0.159. The highest BCUT2D eigenvalue weighted by atomic mass is 16.5. The number of pyridine rings is 1. The summed E-state index contributed by atoms with van der Waals surface area (Å²) in [5, 5.41) is 0. The third kappa shape index (κ3) is 2.01. The first-order valence-corrected chi connectivity index (χ1v) is 5.51. The Morgan fingerprint density at radius 2 is 2.25 bits per heavy atom. The van der Waals surface area contributed by atoms with Crippen molar-refractivity contribution in [2.24, 2.45) is 5.92 Å². The molecule has 0 N–H and O–H groups in total. The molecule has 0 spiro atoms. The van der Waals surface area contributed by atoms with Gasteiger partial charge in [0.05, 0.1) is 7.11 Å². The summed E-state index contributed by atoms with van der Waals surface area (Å²) in [6.45, 7) is 0. The van der Waals surface area contributed by atoms with Crippen molar-refractivity contribution in [3.8, 4) is 5.88 Å². The van der Waals surface area contributed by atoms with Crippen LogP contribution in [0.5, 0.6) is 5.88 Å². The zero-order valence-corrected chi connectivity index (χ0v) is 9.64. The van der Waals surface area contributed by atoms with Gasteiger partial charge in [-0.3, -0.25) is 9.69 Å². The van der Waals surface area contributed by atoms with E-state index in [-0.39, 0.29) is 11.8 Å². The SMILES string of the molecule is COc1cccc(N(C)C(=O)C2CCC2)n1. The maximum atomic E-state index is 12.0. The van der Waals surface area contributed by atoms with E-state index in [2.05, 4.69) is 4.98 Å². The van der Waals surface area contributed by atoms with Crippen molar-refractivity contribution in [1.82, 2.24) is 4.98 Å². The van der Waals surface area contributed by atoms with Crippen LogP contribution in [0.2, 0.25) is 0 Å². The predicted molar refractivity (Wildman–Crippen MR) is 61.5 cm³/mol. The number of anilines is 1. The number of amides is 1. The highest BCUT2D eigenvalue weighted by Crippen LogP contribution is 2.29. The summed E-state index contributed by atoms with van der Waals surface area (Å²) in [6, 6.07) is 5.43. The van der Waals surface area contributed by atoms with E-state index in [4.69, 9.17) is 4.74 Å². The zero-order chi connectivity index (χ0) is 11.5. The third-order valence-corrected chi connectivity index (χ3v) is 3.05. The van der Waals surface area contributed by atoms with Gasteiger partial charge in [0, 0.05) is 19.0 Å². The van der Waals surface area contributed by atoms with Crippen LogP contribution in [0.4, 0.5) is 5.82 Å². The fourth-order valence-corrected chi connectivity index (χ4v) is 1.75. The number of carbonyl (C=O) groups is 1. The average Bonchev–Trinajstić information content (AvgIpc) is 2.25. The van der Waals surface area contributed by atoms with Gasteiger partial charge in [-0.05, 0) is 18.9 Å². The molecule has 4 nitrogen and oxygen atoms in total. The molecule has 0 aromatic carbocycles. The van der Waals surface area contributed by atoms with E-state index in [9.17, 15) is 4.79 Å². The number of hydrogen-bond donors (Lipinski definition) is 0. The van der Waals surface area contributed by atoms with E-state index in [0.717, 1.165) is 19.3 Å². The molecule has 0 aliphatic heterocycles. The smallest absolute Gasteiger partial charge is 0.230 e. The first-order valence-electron chi connectivity index (χ1n) is 5.51. The molecule has 86 valence electrons. The zero-order valence-electron chi connectivity index (χ0n) is 9.64. The molecule has 1 fully saturated rings. The van der Waals surface area contributed by atoms with Gasteiger partial charge in [-0.15, -0.1) is 0 Å². The van der Waals surface area contributed by atoms with Gasteiger partial charge in [0.1, 0.15) is 5.82 Å². The second-order valence-corrected chi connectivity index (χ2v) is 4.06. The van der Waals surface area contributed by atoms with Gasteiger partial charge in [-0.25, -0.2) is 0 Å². The lowest BCUT2D eigenvalue weighted by molar-refractivity contribution is -0.124. The first kappa shape index (κ1) is 10.9. The number of aromatic nitrogens is 1. The molecule has 4 heteroatoms. The van der Waals surface area contributed by atoms with Crippen molar-refractivity contribution in [2.45, 2.75) is 19.3 Å². The van der Waals surface area contributed by atoms with Gasteiger partial charge in [0.25, 0.3) is 0 Å². The van der Waals surface area contributed by atoms with Crippen molar-refractivity contribution >= 4 is 11.7 Å². The van der Waals surface area contributed by atoms with Crippen molar-refractivity contribution in [3.05, 3.63) is 18.2 Å². The summed E-state index contributed by atoms with van der Waals surface area (Å²) in [7, 11) is 3.34. The van der Waals surface area contributed by atoms with Crippen LogP contribution in [0.25, 0.3) is 0 Å². The van der Waals surface area contributed by atoms with Gasteiger partial charge in [0.2, 0.25) is 11.8 Å². The second kappa shape index (κ2) is 4.51. The number of nitrogens with zero attached hydrogens (tertiary/aromatic N) is 2. The molecule has 0 radical (unpaired) electrons. The lowest BCUT2D eigenvalue weighted by Crippen LogP contribution is -2.36. The van der Waals surface area contributed by atoms with Crippen LogP contribution in [0, 0.1) is 5.92 Å². The van der Waals surface area contributed by atoms with Crippen LogP contribution in [0.3, 0.4) is 0 Å². The average molecular weight is 220 g/mol. The Labute approximate surface area is 95.2 Å². The van der Waals surface area contributed by atoms with Crippen LogP contribution in [-0.2, 0) is 4.79 Å². The largest absolute Gasteiger partial charge is 0.481 e. The van der Waals surface area contributed by atoms with Crippen LogP contribution in [0.1, 0.15) is 19.3 Å². The Balaban J connectivity index is 2.12. The minimum Gasteiger partial charge on any atom is -0.481 e. The van der Waals surface area contributed by atoms with E-state index < -0.39 is 0 Å². The molecule has 0 atom stereocenters. The van der Waals surface area contributed by atoms with Crippen molar-refractivity contribution in [2.75, 3.05) is 19.1 Å². The van der Waals surface area contributed by atoms with E-state index in [1.54, 1.807) is 25.1 Å². The number of methoxy groups -OCH3 is 1. The van der Waals surface area contributed by atoms with Crippen LogP contribution < -0.4 is 9.64 Å². The molecule has 1 aromatic rings. The molecule has 1 aliphatic rings. The Kier molecular flexibility index (Phi) is 3.08. The Bertz CT molecular complexity index is 388. The van der Waals surface area contributed by atoms with Gasteiger partial charge >= 0.3 is 0 Å². The third-order valence-electron chi connectivity index (χ3n) is 3.05. The molecule has 1 saturated carbocycles. The minimum atomic E-state index is 0.159. The highest BCUT2D eigenvalue weighted by molar-refractivity contribution is 5.94. The molecule has 0 saturated heterocycles. The summed E-state index contributed by atoms with van der Waals surface area (Å²) in [5.41, 5.74) is 0. The fourth-order valence-electron chi connectivity index (χ4n) is 1.75. The fraction of sp³-hybridized carbons (Fsp3) is 0.500. The van der Waals surface area contributed by atoms with E-state index in [0.29, 0.717) is 11.7 Å². The van der Waals surface area contributed by atoms with Gasteiger partial charge in [0.15, 0.2) is 0 Å². The Morgan fingerprint density at radius 1 is 1.50 bits per heavy atom. The summed E-state index contributed by atoms with van der Waals surface area (Å²) in [5.74, 6) is 1.53. The Hall–Kier alpha value is -1.58. The van der Waals surface area contributed by atoms with Crippen LogP contribution in [-0.4, -0.2) is 25.0 Å². The summed E-state index contributed by atoms with van der Waals surface area (Å²) in [6.07, 6.45) is 3.18. The van der Waals surface area contributed by atoms with Crippen LogP contribution >= 0.6 is 0 Å². The van der Waals surface area contributed by atoms with Gasteiger partial charge in [-0.2, -0.15) is 4.98 Å². The lowest BCUT2D eigenvalue weighted by atomic mass is 9.84. The molecule has 0 unspecified atom stereocenters. The number of carbonyl (C=O) groups excluding carboxylic acids is 1. The van der Waals surface area contributed by atoms with Gasteiger partial charge in [-0.1, -0.05) is 12.5 Å². The van der Waals surface area contributed by atoms with Crippen molar-refractivity contribution in [3.63, 3.8) is 0 Å². The first-order chi connectivity index (χ1) is 7.72. The summed E-state index contributed by atoms with van der Waals surface area (Å²) >= 11 is 0. The predicted octanol–water partition coefficient (Wildman–Crippen LogP) is 1.85. The second-order valence-electron chi connectivity index (χ2n) is 4.06. The lowest BCUT2D eigenvalue weighted by Gasteiger charge is -2.28. The maximum Gasteiger partial charge on any atom is 0.230 e. The molecule has 1 heterocycles. The quantitative estimate of drug-likeness (QED) is 0.780. The number of hydrogen-bond acceptors (Lipinski definition) is 3. The summed E-state index contributed by atoms with van der Waals surface area (Å²) in [4.78, 5) is 17.8. The van der Waals surface area contributed by atoms with E-state index >= 15 is 0 Å². The van der Waals surface area contributed by atoms with Gasteiger partial charge < -0.3 is 4.74 Å². The molecular formula is C12H16N2O2. The van der Waals surface area contributed by atoms with Crippen molar-refractivity contribution < 1.29 is 9.53 Å². The molecule has 2 rings (SSSR count). The Morgan fingerprint density at radius 3 is 2.81 bits per heavy atom. The number of ether oxygens (including phenoxy) is 1. The molecule has 1 aromatic heterocycles. The normalized spacial score (nSPS) is 15.4. The summed E-state index contributed by atoms with van der Waals surface area (Å²) < 4.78 is 5.04. The molecule has 1 aliphatic carbocycles. The molecule has 1 amide bonds. The topological polar surface area (TPSA) is 42.4 Å². The highest BCUT2D eigenvalue weighted by Gasteiger charge is 2.28. The van der Waals surface area contributed by atoms with Crippen LogP contribution in [0.15, 0.2) is 18.2 Å². The molecular weight excluding hydrogens is 204 g/mol. The maximum absolute atomic E-state index is 12.0. The van der Waals surface area contributed by atoms with E-state index in [1.165, 1.54) is 0 Å².